The maximum Gasteiger partial charge on any atom is 0.290 e. The lowest BCUT2D eigenvalue weighted by molar-refractivity contribution is 0.118. The Balaban J connectivity index is 2.21. The summed E-state index contributed by atoms with van der Waals surface area (Å²) in [6.45, 7) is 6.09. The van der Waals surface area contributed by atoms with Gasteiger partial charge in [-0.3, -0.25) is 4.79 Å². The molecule has 0 aliphatic heterocycles. The summed E-state index contributed by atoms with van der Waals surface area (Å²) in [5, 5.41) is 2.91. The molecule has 0 unspecified atom stereocenters. The summed E-state index contributed by atoms with van der Waals surface area (Å²) in [6.07, 6.45) is 3.04. The minimum atomic E-state index is -0.207. The summed E-state index contributed by atoms with van der Waals surface area (Å²) in [6, 6.07) is 0. The molecule has 1 aromatic rings. The van der Waals surface area contributed by atoms with Crippen LogP contribution in [0.4, 0.5) is 5.82 Å². The first-order chi connectivity index (χ1) is 7.20. The Labute approximate surface area is 88.9 Å². The molecule has 0 fully saturated rings. The van der Waals surface area contributed by atoms with Crippen molar-refractivity contribution >= 4 is 5.82 Å². The van der Waals surface area contributed by atoms with Gasteiger partial charge in [0.25, 0.3) is 5.56 Å². The van der Waals surface area contributed by atoms with Crippen molar-refractivity contribution in [2.45, 2.75) is 13.8 Å². The molecule has 0 spiro atoms. The molecule has 0 amide bonds. The minimum Gasteiger partial charge on any atom is -0.379 e. The van der Waals surface area contributed by atoms with E-state index in [2.05, 4.69) is 29.1 Å². The van der Waals surface area contributed by atoms with Crippen LogP contribution in [0.2, 0.25) is 0 Å². The maximum atomic E-state index is 11.2. The van der Waals surface area contributed by atoms with Gasteiger partial charge in [0.2, 0.25) is 0 Å². The highest BCUT2D eigenvalue weighted by molar-refractivity contribution is 5.29. The molecule has 15 heavy (non-hydrogen) atoms. The first-order valence-corrected chi connectivity index (χ1v) is 5.05. The van der Waals surface area contributed by atoms with E-state index in [9.17, 15) is 4.79 Å². The third-order valence-electron chi connectivity index (χ3n) is 1.70. The molecule has 0 aliphatic rings. The average molecular weight is 211 g/mol. The van der Waals surface area contributed by atoms with Crippen LogP contribution in [0.25, 0.3) is 0 Å². The van der Waals surface area contributed by atoms with Gasteiger partial charge in [0, 0.05) is 25.5 Å². The number of hydrogen-bond acceptors (Lipinski definition) is 4. The van der Waals surface area contributed by atoms with E-state index in [1.807, 2.05) is 0 Å². The van der Waals surface area contributed by atoms with Gasteiger partial charge in [0.15, 0.2) is 5.82 Å². The van der Waals surface area contributed by atoms with Gasteiger partial charge in [-0.1, -0.05) is 13.8 Å². The zero-order valence-electron chi connectivity index (χ0n) is 9.12. The monoisotopic (exact) mass is 211 g/mol. The van der Waals surface area contributed by atoms with Gasteiger partial charge in [0.1, 0.15) is 0 Å². The van der Waals surface area contributed by atoms with Crippen molar-refractivity contribution in [3.05, 3.63) is 22.7 Å². The standard InChI is InChI=1S/C10H17N3O2/c1-8(2)7-15-6-5-12-9-10(14)13-4-3-11-9/h3-4,8H,5-7H2,1-2H3,(H,11,12)(H,13,14). The van der Waals surface area contributed by atoms with Crippen molar-refractivity contribution in [2.75, 3.05) is 25.1 Å². The minimum absolute atomic E-state index is 0.207. The maximum absolute atomic E-state index is 11.2. The quantitative estimate of drug-likeness (QED) is 0.685. The van der Waals surface area contributed by atoms with E-state index >= 15 is 0 Å². The Morgan fingerprint density at radius 1 is 1.60 bits per heavy atom. The molecule has 0 saturated carbocycles. The van der Waals surface area contributed by atoms with Crippen LogP contribution in [-0.4, -0.2) is 29.7 Å². The smallest absolute Gasteiger partial charge is 0.290 e. The summed E-state index contributed by atoms with van der Waals surface area (Å²) < 4.78 is 5.35. The first kappa shape index (κ1) is 11.7. The van der Waals surface area contributed by atoms with Gasteiger partial charge in [-0.05, 0) is 5.92 Å². The Morgan fingerprint density at radius 2 is 2.40 bits per heavy atom. The van der Waals surface area contributed by atoms with Gasteiger partial charge in [-0.15, -0.1) is 0 Å². The van der Waals surface area contributed by atoms with E-state index in [0.717, 1.165) is 6.61 Å². The van der Waals surface area contributed by atoms with E-state index in [0.29, 0.717) is 24.9 Å². The van der Waals surface area contributed by atoms with E-state index in [-0.39, 0.29) is 5.56 Å². The van der Waals surface area contributed by atoms with Crippen molar-refractivity contribution in [1.82, 2.24) is 9.97 Å². The number of nitrogens with one attached hydrogen (secondary N) is 2. The van der Waals surface area contributed by atoms with Crippen molar-refractivity contribution in [1.29, 1.82) is 0 Å². The molecule has 5 nitrogen and oxygen atoms in total. The van der Waals surface area contributed by atoms with Gasteiger partial charge in [-0.2, -0.15) is 0 Å². The third kappa shape index (κ3) is 4.60. The van der Waals surface area contributed by atoms with Crippen LogP contribution in [0.5, 0.6) is 0 Å². The Hall–Kier alpha value is -1.36. The predicted molar refractivity (Wildman–Crippen MR) is 59.0 cm³/mol. The first-order valence-electron chi connectivity index (χ1n) is 5.05. The van der Waals surface area contributed by atoms with Crippen molar-refractivity contribution in [2.24, 2.45) is 5.92 Å². The summed E-state index contributed by atoms with van der Waals surface area (Å²) in [5.41, 5.74) is -0.207. The second-order valence-corrected chi connectivity index (χ2v) is 3.66. The van der Waals surface area contributed by atoms with Crippen molar-refractivity contribution < 1.29 is 4.74 Å². The van der Waals surface area contributed by atoms with E-state index < -0.39 is 0 Å². The molecule has 0 saturated heterocycles. The molecule has 0 bridgehead atoms. The molecule has 1 aromatic heterocycles. The molecule has 0 aromatic carbocycles. The fourth-order valence-corrected chi connectivity index (χ4v) is 1.04. The van der Waals surface area contributed by atoms with Crippen LogP contribution in [0.15, 0.2) is 17.2 Å². The SMILES string of the molecule is CC(C)COCCNc1ncc[nH]c1=O. The average Bonchev–Trinajstić information content (AvgIpc) is 2.20. The van der Waals surface area contributed by atoms with E-state index in [1.54, 1.807) is 6.20 Å². The molecule has 84 valence electrons. The van der Waals surface area contributed by atoms with Gasteiger partial charge in [-0.25, -0.2) is 4.98 Å². The molecular weight excluding hydrogens is 194 g/mol. The van der Waals surface area contributed by atoms with E-state index in [1.165, 1.54) is 6.20 Å². The summed E-state index contributed by atoms with van der Waals surface area (Å²) >= 11 is 0. The zero-order chi connectivity index (χ0) is 11.1. The number of anilines is 1. The van der Waals surface area contributed by atoms with Crippen LogP contribution in [-0.2, 0) is 4.74 Å². The van der Waals surface area contributed by atoms with Crippen LogP contribution in [0.1, 0.15) is 13.8 Å². The zero-order valence-corrected chi connectivity index (χ0v) is 9.12. The number of rotatable bonds is 6. The van der Waals surface area contributed by atoms with Crippen LogP contribution in [0.3, 0.4) is 0 Å². The summed E-state index contributed by atoms with van der Waals surface area (Å²) in [7, 11) is 0. The Morgan fingerprint density at radius 3 is 3.07 bits per heavy atom. The number of nitrogens with zero attached hydrogens (tertiary/aromatic N) is 1. The number of hydrogen-bond donors (Lipinski definition) is 2. The van der Waals surface area contributed by atoms with Crippen LogP contribution < -0.4 is 10.9 Å². The van der Waals surface area contributed by atoms with Crippen molar-refractivity contribution in [3.63, 3.8) is 0 Å². The highest BCUT2D eigenvalue weighted by Gasteiger charge is 1.98. The van der Waals surface area contributed by atoms with Gasteiger partial charge in [0.05, 0.1) is 6.61 Å². The molecule has 0 aliphatic carbocycles. The van der Waals surface area contributed by atoms with Crippen LogP contribution >= 0.6 is 0 Å². The number of aromatic nitrogens is 2. The van der Waals surface area contributed by atoms with E-state index in [4.69, 9.17) is 4.74 Å². The predicted octanol–water partition coefficient (Wildman–Crippen LogP) is 0.854. The van der Waals surface area contributed by atoms with Gasteiger partial charge < -0.3 is 15.0 Å². The normalized spacial score (nSPS) is 10.6. The molecule has 1 heterocycles. The topological polar surface area (TPSA) is 67.0 Å². The summed E-state index contributed by atoms with van der Waals surface area (Å²) in [4.78, 5) is 17.6. The Bertz CT molecular complexity index is 335. The lowest BCUT2D eigenvalue weighted by atomic mass is 10.2. The summed E-state index contributed by atoms with van der Waals surface area (Å²) in [5.74, 6) is 0.869. The van der Waals surface area contributed by atoms with Crippen LogP contribution in [0, 0.1) is 5.92 Å². The molecule has 0 radical (unpaired) electrons. The lowest BCUT2D eigenvalue weighted by Gasteiger charge is -2.07. The number of H-pyrrole nitrogens is 1. The number of aromatic amines is 1. The fraction of sp³-hybridized carbons (Fsp3) is 0.600. The molecule has 1 rings (SSSR count). The highest BCUT2D eigenvalue weighted by atomic mass is 16.5. The largest absolute Gasteiger partial charge is 0.379 e. The van der Waals surface area contributed by atoms with Crippen molar-refractivity contribution in [3.8, 4) is 0 Å². The molecule has 2 N–H and O–H groups in total. The second kappa shape index (κ2) is 6.19. The molecule has 5 heteroatoms. The molecular formula is C10H17N3O2. The highest BCUT2D eigenvalue weighted by Crippen LogP contribution is 1.93. The van der Waals surface area contributed by atoms with Gasteiger partial charge >= 0.3 is 0 Å². The number of ether oxygens (including phenoxy) is 1. The fourth-order valence-electron chi connectivity index (χ4n) is 1.04. The molecule has 0 atom stereocenters. The Kier molecular flexibility index (Phi) is 4.83. The lowest BCUT2D eigenvalue weighted by Crippen LogP contribution is -2.19. The second-order valence-electron chi connectivity index (χ2n) is 3.66. The third-order valence-corrected chi connectivity index (χ3v) is 1.70.